The normalized spacial score (nSPS) is 42.0. The molecule has 0 aromatic carbocycles. The van der Waals surface area contributed by atoms with Gasteiger partial charge >= 0.3 is 0 Å². The molecule has 2 unspecified atom stereocenters. The van der Waals surface area contributed by atoms with Crippen LogP contribution in [0.3, 0.4) is 0 Å². The van der Waals surface area contributed by atoms with Gasteiger partial charge in [0.2, 0.25) is 0 Å². The third kappa shape index (κ3) is 1.30. The van der Waals surface area contributed by atoms with Crippen molar-refractivity contribution >= 4 is 0 Å². The summed E-state index contributed by atoms with van der Waals surface area (Å²) < 4.78 is 0. The summed E-state index contributed by atoms with van der Waals surface area (Å²) in [6.07, 6.45) is 2.63. The summed E-state index contributed by atoms with van der Waals surface area (Å²) in [5.41, 5.74) is 0.506. The Balaban J connectivity index is 2.17. The Kier molecular flexibility index (Phi) is 1.69. The van der Waals surface area contributed by atoms with E-state index in [-0.39, 0.29) is 0 Å². The van der Waals surface area contributed by atoms with Crippen molar-refractivity contribution in [3.05, 3.63) is 0 Å². The van der Waals surface area contributed by atoms with E-state index in [0.717, 1.165) is 12.1 Å². The van der Waals surface area contributed by atoms with Gasteiger partial charge in [-0.25, -0.2) is 0 Å². The Morgan fingerprint density at radius 2 is 2.09 bits per heavy atom. The maximum atomic E-state index is 3.61. The van der Waals surface area contributed by atoms with E-state index in [9.17, 15) is 0 Å². The topological polar surface area (TPSA) is 24.1 Å². The highest BCUT2D eigenvalue weighted by molar-refractivity contribution is 4.97. The summed E-state index contributed by atoms with van der Waals surface area (Å²) in [5, 5.41) is 7.17. The summed E-state index contributed by atoms with van der Waals surface area (Å²) in [6.45, 7) is 7.13. The van der Waals surface area contributed by atoms with E-state index < -0.39 is 0 Å². The first kappa shape index (κ1) is 7.56. The molecular weight excluding hydrogens is 136 g/mol. The zero-order chi connectivity index (χ0) is 7.90. The number of nitrogens with one attached hydrogen (secondary N) is 2. The van der Waals surface area contributed by atoms with Crippen molar-refractivity contribution < 1.29 is 0 Å². The Morgan fingerprint density at radius 1 is 1.27 bits per heavy atom. The van der Waals surface area contributed by atoms with Gasteiger partial charge in [0, 0.05) is 18.6 Å². The van der Waals surface area contributed by atoms with Crippen LogP contribution in [0.5, 0.6) is 0 Å². The minimum Gasteiger partial charge on any atom is -0.313 e. The number of hydrogen-bond acceptors (Lipinski definition) is 2. The molecule has 0 aromatic rings. The van der Waals surface area contributed by atoms with Crippen molar-refractivity contribution in [2.45, 2.75) is 38.8 Å². The van der Waals surface area contributed by atoms with Crippen LogP contribution in [0.2, 0.25) is 0 Å². The lowest BCUT2D eigenvalue weighted by Crippen LogP contribution is -2.52. The molecule has 3 saturated heterocycles. The second-order valence-corrected chi connectivity index (χ2v) is 4.59. The van der Waals surface area contributed by atoms with Crippen LogP contribution in [0.1, 0.15) is 26.7 Å². The maximum absolute atomic E-state index is 3.61. The minimum absolute atomic E-state index is 0.506. The van der Waals surface area contributed by atoms with Gasteiger partial charge in [0.05, 0.1) is 0 Å². The molecule has 0 amide bonds. The molecule has 2 bridgehead atoms. The Morgan fingerprint density at radius 3 is 2.82 bits per heavy atom. The van der Waals surface area contributed by atoms with E-state index in [1.165, 1.54) is 25.9 Å². The zero-order valence-corrected chi connectivity index (χ0v) is 7.48. The summed E-state index contributed by atoms with van der Waals surface area (Å²) >= 11 is 0. The molecule has 0 radical (unpaired) electrons. The van der Waals surface area contributed by atoms with Crippen molar-refractivity contribution in [3.63, 3.8) is 0 Å². The molecule has 0 aromatic heterocycles. The number of rotatable bonds is 0. The molecule has 64 valence electrons. The lowest BCUT2D eigenvalue weighted by Gasteiger charge is -2.40. The van der Waals surface area contributed by atoms with Crippen LogP contribution in [-0.2, 0) is 0 Å². The van der Waals surface area contributed by atoms with E-state index in [2.05, 4.69) is 24.5 Å². The summed E-state index contributed by atoms with van der Waals surface area (Å²) in [6, 6.07) is 1.47. The van der Waals surface area contributed by atoms with Gasteiger partial charge in [0.25, 0.3) is 0 Å². The van der Waals surface area contributed by atoms with E-state index in [1.54, 1.807) is 0 Å². The Bertz CT molecular complexity index is 150. The van der Waals surface area contributed by atoms with Gasteiger partial charge in [-0.05, 0) is 24.8 Å². The summed E-state index contributed by atoms with van der Waals surface area (Å²) in [4.78, 5) is 0. The highest BCUT2D eigenvalue weighted by atomic mass is 15.1. The molecule has 3 heterocycles. The fraction of sp³-hybridized carbons (Fsp3) is 1.00. The van der Waals surface area contributed by atoms with Gasteiger partial charge in [-0.15, -0.1) is 0 Å². The van der Waals surface area contributed by atoms with Crippen LogP contribution in [-0.4, -0.2) is 25.2 Å². The first-order valence-electron chi connectivity index (χ1n) is 4.65. The molecule has 3 aliphatic heterocycles. The fourth-order valence-electron chi connectivity index (χ4n) is 2.48. The smallest absolute Gasteiger partial charge is 0.0198 e. The lowest BCUT2D eigenvalue weighted by atomic mass is 9.76. The molecule has 0 aliphatic carbocycles. The number of hydrogen-bond donors (Lipinski definition) is 2. The van der Waals surface area contributed by atoms with Crippen molar-refractivity contribution in [2.24, 2.45) is 5.41 Å². The molecule has 3 rings (SSSR count). The molecule has 3 aliphatic rings. The van der Waals surface area contributed by atoms with Crippen LogP contribution in [0, 0.1) is 5.41 Å². The molecule has 0 spiro atoms. The molecule has 2 N–H and O–H groups in total. The fourth-order valence-corrected chi connectivity index (χ4v) is 2.48. The second kappa shape index (κ2) is 2.46. The molecule has 0 saturated carbocycles. The SMILES string of the molecule is CC1(C)CC2CNC1CCN2. The van der Waals surface area contributed by atoms with Crippen LogP contribution in [0.15, 0.2) is 0 Å². The predicted molar refractivity (Wildman–Crippen MR) is 46.6 cm³/mol. The highest BCUT2D eigenvalue weighted by Crippen LogP contribution is 2.33. The first-order valence-corrected chi connectivity index (χ1v) is 4.65. The van der Waals surface area contributed by atoms with Crippen molar-refractivity contribution in [1.29, 1.82) is 0 Å². The van der Waals surface area contributed by atoms with E-state index in [4.69, 9.17) is 0 Å². The van der Waals surface area contributed by atoms with Crippen molar-refractivity contribution in [1.82, 2.24) is 10.6 Å². The van der Waals surface area contributed by atoms with Crippen LogP contribution < -0.4 is 10.6 Å². The molecular formula is C9H18N2. The van der Waals surface area contributed by atoms with E-state index in [1.807, 2.05) is 0 Å². The average molecular weight is 154 g/mol. The second-order valence-electron chi connectivity index (χ2n) is 4.59. The quantitative estimate of drug-likeness (QED) is 0.537. The monoisotopic (exact) mass is 154 g/mol. The third-order valence-electron chi connectivity index (χ3n) is 3.19. The van der Waals surface area contributed by atoms with Crippen molar-refractivity contribution in [2.75, 3.05) is 13.1 Å². The van der Waals surface area contributed by atoms with Gasteiger partial charge in [0.15, 0.2) is 0 Å². The highest BCUT2D eigenvalue weighted by Gasteiger charge is 2.38. The predicted octanol–water partition coefficient (Wildman–Crippen LogP) is 0.736. The number of piperidine rings is 1. The van der Waals surface area contributed by atoms with Crippen LogP contribution >= 0.6 is 0 Å². The van der Waals surface area contributed by atoms with Crippen LogP contribution in [0.4, 0.5) is 0 Å². The van der Waals surface area contributed by atoms with Gasteiger partial charge in [-0.2, -0.15) is 0 Å². The van der Waals surface area contributed by atoms with E-state index >= 15 is 0 Å². The average Bonchev–Trinajstić information content (AvgIpc) is 2.17. The summed E-state index contributed by atoms with van der Waals surface area (Å²) in [5.74, 6) is 0. The zero-order valence-electron chi connectivity index (χ0n) is 7.48. The van der Waals surface area contributed by atoms with Gasteiger partial charge in [0.1, 0.15) is 0 Å². The Labute approximate surface area is 68.7 Å². The van der Waals surface area contributed by atoms with Gasteiger partial charge < -0.3 is 10.6 Å². The first-order chi connectivity index (χ1) is 5.18. The standard InChI is InChI=1S/C9H18N2/c1-9(2)5-7-6-11-8(9)3-4-10-7/h7-8,10-11H,3-6H2,1-2H3. The molecule has 2 atom stereocenters. The van der Waals surface area contributed by atoms with E-state index in [0.29, 0.717) is 5.41 Å². The number of fused-ring (bicyclic) bond motifs is 4. The summed E-state index contributed by atoms with van der Waals surface area (Å²) in [7, 11) is 0. The molecule has 3 fully saturated rings. The molecule has 2 nitrogen and oxygen atoms in total. The third-order valence-corrected chi connectivity index (χ3v) is 3.19. The van der Waals surface area contributed by atoms with Crippen molar-refractivity contribution in [3.8, 4) is 0 Å². The van der Waals surface area contributed by atoms with Gasteiger partial charge in [-0.1, -0.05) is 13.8 Å². The van der Waals surface area contributed by atoms with Gasteiger partial charge in [-0.3, -0.25) is 0 Å². The van der Waals surface area contributed by atoms with Crippen LogP contribution in [0.25, 0.3) is 0 Å². The minimum atomic E-state index is 0.506. The Hall–Kier alpha value is -0.0800. The lowest BCUT2D eigenvalue weighted by molar-refractivity contribution is 0.173. The molecule has 2 heteroatoms. The largest absolute Gasteiger partial charge is 0.313 e. The maximum Gasteiger partial charge on any atom is 0.0198 e. The molecule has 11 heavy (non-hydrogen) atoms.